The number of rotatable bonds is 8. The fourth-order valence-corrected chi connectivity index (χ4v) is 4.47. The van der Waals surface area contributed by atoms with Gasteiger partial charge in [0.2, 0.25) is 0 Å². The van der Waals surface area contributed by atoms with Crippen LogP contribution in [0.3, 0.4) is 0 Å². The van der Waals surface area contributed by atoms with Crippen molar-refractivity contribution in [2.45, 2.75) is 38.6 Å². The van der Waals surface area contributed by atoms with E-state index < -0.39 is 0 Å². The van der Waals surface area contributed by atoms with Gasteiger partial charge >= 0.3 is 0 Å². The minimum atomic E-state index is 0. The van der Waals surface area contributed by atoms with Crippen LogP contribution >= 0.6 is 24.0 Å². The number of ether oxygens (including phenoxy) is 1. The molecule has 0 aromatic heterocycles. The molecule has 1 aromatic rings. The molecule has 2 saturated heterocycles. The van der Waals surface area contributed by atoms with Gasteiger partial charge in [0.15, 0.2) is 5.96 Å². The third kappa shape index (κ3) is 7.07. The van der Waals surface area contributed by atoms with E-state index in [-0.39, 0.29) is 36.0 Å². The van der Waals surface area contributed by atoms with Crippen LogP contribution in [0.1, 0.15) is 44.2 Å². The number of hydrogen-bond donors (Lipinski definition) is 3. The van der Waals surface area contributed by atoms with Crippen LogP contribution in [0.25, 0.3) is 0 Å². The van der Waals surface area contributed by atoms with Crippen molar-refractivity contribution < 1.29 is 9.84 Å². The van der Waals surface area contributed by atoms with Crippen LogP contribution < -0.4 is 10.6 Å². The van der Waals surface area contributed by atoms with Gasteiger partial charge in [-0.15, -0.1) is 24.0 Å². The van der Waals surface area contributed by atoms with E-state index in [1.165, 1.54) is 18.4 Å². The quantitative estimate of drug-likeness (QED) is 0.274. The van der Waals surface area contributed by atoms with E-state index in [1.54, 1.807) is 0 Å². The normalized spacial score (nSPS) is 24.3. The van der Waals surface area contributed by atoms with Crippen LogP contribution in [0.2, 0.25) is 0 Å². The van der Waals surface area contributed by atoms with Gasteiger partial charge in [-0.1, -0.05) is 37.3 Å². The van der Waals surface area contributed by atoms with Gasteiger partial charge in [-0.2, -0.15) is 0 Å². The molecule has 0 bridgehead atoms. The van der Waals surface area contributed by atoms with Gasteiger partial charge in [0, 0.05) is 38.8 Å². The molecule has 2 fully saturated rings. The van der Waals surface area contributed by atoms with Crippen LogP contribution in [-0.2, 0) is 4.74 Å². The lowest BCUT2D eigenvalue weighted by Gasteiger charge is -2.37. The lowest BCUT2D eigenvalue weighted by Crippen LogP contribution is -2.47. The third-order valence-electron chi connectivity index (χ3n) is 6.59. The maximum Gasteiger partial charge on any atom is 0.191 e. The summed E-state index contributed by atoms with van der Waals surface area (Å²) in [6.45, 7) is 7.91. The van der Waals surface area contributed by atoms with Crippen LogP contribution in [0.4, 0.5) is 0 Å². The molecule has 3 N–H and O–H groups in total. The number of guanidine groups is 1. The van der Waals surface area contributed by atoms with E-state index in [9.17, 15) is 5.11 Å². The minimum Gasteiger partial charge on any atom is -0.396 e. The highest BCUT2D eigenvalue weighted by Gasteiger charge is 2.34. The topological polar surface area (TPSA) is 69.1 Å². The number of halogens is 1. The largest absolute Gasteiger partial charge is 0.396 e. The molecule has 7 heteroatoms. The highest BCUT2D eigenvalue weighted by atomic mass is 127. The molecule has 30 heavy (non-hydrogen) atoms. The van der Waals surface area contributed by atoms with Crippen LogP contribution in [0.5, 0.6) is 0 Å². The summed E-state index contributed by atoms with van der Waals surface area (Å²) in [5.74, 6) is 1.64. The molecular formula is C23H39IN4O2. The van der Waals surface area contributed by atoms with Crippen LogP contribution in [0.15, 0.2) is 35.3 Å². The molecule has 0 radical (unpaired) electrons. The maximum absolute atomic E-state index is 9.44. The second-order valence-corrected chi connectivity index (χ2v) is 8.73. The predicted octanol–water partition coefficient (Wildman–Crippen LogP) is 3.03. The summed E-state index contributed by atoms with van der Waals surface area (Å²) in [4.78, 5) is 7.04. The third-order valence-corrected chi connectivity index (χ3v) is 6.59. The van der Waals surface area contributed by atoms with Gasteiger partial charge in [-0.3, -0.25) is 9.89 Å². The van der Waals surface area contributed by atoms with E-state index in [2.05, 4.69) is 57.8 Å². The number of nitrogens with zero attached hydrogens (tertiary/aromatic N) is 2. The van der Waals surface area contributed by atoms with Crippen molar-refractivity contribution in [3.63, 3.8) is 0 Å². The summed E-state index contributed by atoms with van der Waals surface area (Å²) in [5.41, 5.74) is 1.36. The molecule has 2 aliphatic heterocycles. The average Bonchev–Trinajstić information content (AvgIpc) is 3.21. The van der Waals surface area contributed by atoms with Crippen molar-refractivity contribution in [1.29, 1.82) is 0 Å². The van der Waals surface area contributed by atoms with E-state index in [0.717, 1.165) is 57.5 Å². The van der Waals surface area contributed by atoms with Crippen molar-refractivity contribution in [2.24, 2.45) is 16.3 Å². The Kier molecular flexibility index (Phi) is 10.8. The number of hydrogen-bond acceptors (Lipinski definition) is 4. The molecule has 1 aromatic carbocycles. The molecule has 170 valence electrons. The summed E-state index contributed by atoms with van der Waals surface area (Å²) < 4.78 is 5.60. The standard InChI is InChI=1S/C23H38N4O2.HI/c1-19-8-12-27(13-9-19)21(20-6-4-3-5-7-20)16-25-22(24-2)26-17-23(10-14-28)11-15-29-18-23;/h3-7,19,21,28H,8-18H2,1-2H3,(H2,24,25,26);1H. The number of likely N-dealkylation sites (tertiary alicyclic amines) is 1. The lowest BCUT2D eigenvalue weighted by atomic mass is 9.84. The number of aliphatic imine (C=N–C) groups is 1. The second kappa shape index (κ2) is 12.8. The van der Waals surface area contributed by atoms with Gasteiger partial charge in [0.05, 0.1) is 12.6 Å². The Balaban J connectivity index is 0.00000320. The molecule has 2 unspecified atom stereocenters. The van der Waals surface area contributed by atoms with Crippen molar-refractivity contribution >= 4 is 29.9 Å². The Bertz CT molecular complexity index is 629. The Labute approximate surface area is 198 Å². The fourth-order valence-electron chi connectivity index (χ4n) is 4.47. The van der Waals surface area contributed by atoms with Gasteiger partial charge in [0.25, 0.3) is 0 Å². The van der Waals surface area contributed by atoms with Gasteiger partial charge in [-0.05, 0) is 50.3 Å². The Morgan fingerprint density at radius 2 is 2.00 bits per heavy atom. The zero-order chi connectivity index (χ0) is 20.5. The Morgan fingerprint density at radius 1 is 1.27 bits per heavy atom. The second-order valence-electron chi connectivity index (χ2n) is 8.73. The molecule has 0 spiro atoms. The van der Waals surface area contributed by atoms with Crippen molar-refractivity contribution in [1.82, 2.24) is 15.5 Å². The van der Waals surface area contributed by atoms with E-state index in [4.69, 9.17) is 4.74 Å². The van der Waals surface area contributed by atoms with Crippen LogP contribution in [0, 0.1) is 11.3 Å². The SMILES string of the molecule is CN=C(NCC(c1ccccc1)N1CCC(C)CC1)NCC1(CCO)CCOC1.I. The summed E-state index contributed by atoms with van der Waals surface area (Å²) in [7, 11) is 1.82. The molecule has 0 amide bonds. The first-order chi connectivity index (χ1) is 14.2. The average molecular weight is 530 g/mol. The zero-order valence-electron chi connectivity index (χ0n) is 18.5. The van der Waals surface area contributed by atoms with Crippen molar-refractivity contribution in [3.8, 4) is 0 Å². The molecular weight excluding hydrogens is 491 g/mol. The monoisotopic (exact) mass is 530 g/mol. The Morgan fingerprint density at radius 3 is 2.60 bits per heavy atom. The lowest BCUT2D eigenvalue weighted by molar-refractivity contribution is 0.127. The number of aliphatic hydroxyl groups is 1. The number of benzene rings is 1. The fraction of sp³-hybridized carbons (Fsp3) is 0.696. The van der Waals surface area contributed by atoms with Crippen LogP contribution in [-0.4, -0.2) is 69.0 Å². The molecule has 2 atom stereocenters. The van der Waals surface area contributed by atoms with Gasteiger partial charge < -0.3 is 20.5 Å². The molecule has 0 aliphatic carbocycles. The van der Waals surface area contributed by atoms with Crippen molar-refractivity contribution in [2.75, 3.05) is 53.0 Å². The van der Waals surface area contributed by atoms with Crippen molar-refractivity contribution in [3.05, 3.63) is 35.9 Å². The highest BCUT2D eigenvalue weighted by molar-refractivity contribution is 14.0. The minimum absolute atomic E-state index is 0. The summed E-state index contributed by atoms with van der Waals surface area (Å²) in [6, 6.07) is 11.1. The molecule has 0 saturated carbocycles. The maximum atomic E-state index is 9.44. The molecule has 6 nitrogen and oxygen atoms in total. The molecule has 3 rings (SSSR count). The van der Waals surface area contributed by atoms with E-state index in [0.29, 0.717) is 12.6 Å². The Hall–Kier alpha value is -0.900. The van der Waals surface area contributed by atoms with E-state index in [1.807, 2.05) is 7.05 Å². The zero-order valence-corrected chi connectivity index (χ0v) is 20.8. The van der Waals surface area contributed by atoms with Gasteiger partial charge in [0.1, 0.15) is 0 Å². The summed E-state index contributed by atoms with van der Waals surface area (Å²) >= 11 is 0. The predicted molar refractivity (Wildman–Crippen MR) is 134 cm³/mol. The number of aliphatic hydroxyl groups excluding tert-OH is 1. The van der Waals surface area contributed by atoms with E-state index >= 15 is 0 Å². The first-order valence-electron chi connectivity index (χ1n) is 11.1. The number of nitrogens with one attached hydrogen (secondary N) is 2. The number of piperidine rings is 1. The van der Waals surface area contributed by atoms with Gasteiger partial charge in [-0.25, -0.2) is 0 Å². The smallest absolute Gasteiger partial charge is 0.191 e. The first kappa shape index (κ1) is 25.4. The highest BCUT2D eigenvalue weighted by Crippen LogP contribution is 2.31. The molecule has 2 heterocycles. The summed E-state index contributed by atoms with van der Waals surface area (Å²) in [6.07, 6.45) is 4.27. The first-order valence-corrected chi connectivity index (χ1v) is 11.1. The molecule has 2 aliphatic rings. The summed E-state index contributed by atoms with van der Waals surface area (Å²) in [5, 5.41) is 16.5.